The van der Waals surface area contributed by atoms with E-state index in [2.05, 4.69) is 10.4 Å². The minimum absolute atomic E-state index is 0.205. The van der Waals surface area contributed by atoms with Gasteiger partial charge in [-0.25, -0.2) is 13.2 Å². The molecule has 1 aromatic carbocycles. The standard InChI is InChI=1S/C19H26ClN5O4S/c1-13-18(14(2)23(3)22-13)30(27,28)25-9-5-8-24(10-11-25)19(26)21-16-12-15(20)6-7-17(16)29-4/h6-7,12H,5,8-11H2,1-4H3,(H,21,26). The van der Waals surface area contributed by atoms with Crippen LogP contribution in [0.5, 0.6) is 5.75 Å². The number of halogens is 1. The number of carbonyl (C=O) groups is 1. The minimum atomic E-state index is -3.70. The number of ether oxygens (including phenoxy) is 1. The van der Waals surface area contributed by atoms with Crippen LogP contribution in [0.15, 0.2) is 23.1 Å². The van der Waals surface area contributed by atoms with Crippen LogP contribution < -0.4 is 10.1 Å². The van der Waals surface area contributed by atoms with E-state index in [1.807, 2.05) is 0 Å². The highest BCUT2D eigenvalue weighted by Gasteiger charge is 2.32. The molecule has 1 aliphatic rings. The van der Waals surface area contributed by atoms with Crippen molar-refractivity contribution in [3.8, 4) is 5.75 Å². The molecule has 0 radical (unpaired) electrons. The number of carbonyl (C=O) groups excluding carboxylic acids is 1. The highest BCUT2D eigenvalue weighted by molar-refractivity contribution is 7.89. The Balaban J connectivity index is 1.73. The van der Waals surface area contributed by atoms with Crippen LogP contribution in [0.3, 0.4) is 0 Å². The van der Waals surface area contributed by atoms with Gasteiger partial charge in [-0.2, -0.15) is 9.40 Å². The zero-order chi connectivity index (χ0) is 22.1. The van der Waals surface area contributed by atoms with Gasteiger partial charge in [-0.3, -0.25) is 4.68 Å². The average Bonchev–Trinajstić information content (AvgIpc) is 2.86. The third kappa shape index (κ3) is 4.40. The van der Waals surface area contributed by atoms with Gasteiger partial charge in [0.05, 0.1) is 24.2 Å². The highest BCUT2D eigenvalue weighted by Crippen LogP contribution is 2.28. The Hall–Kier alpha value is -2.30. The molecule has 2 heterocycles. The Morgan fingerprint density at radius 3 is 2.57 bits per heavy atom. The molecule has 2 amide bonds. The third-order valence-corrected chi connectivity index (χ3v) is 7.57. The summed E-state index contributed by atoms with van der Waals surface area (Å²) in [6, 6.07) is 4.63. The lowest BCUT2D eigenvalue weighted by molar-refractivity contribution is 0.214. The first-order valence-electron chi connectivity index (χ1n) is 9.55. The first-order valence-corrected chi connectivity index (χ1v) is 11.4. The van der Waals surface area contributed by atoms with Crippen LogP contribution in [0.4, 0.5) is 10.5 Å². The van der Waals surface area contributed by atoms with Gasteiger partial charge in [0, 0.05) is 38.2 Å². The molecule has 0 bridgehead atoms. The van der Waals surface area contributed by atoms with Crippen LogP contribution in [-0.4, -0.2) is 66.7 Å². The molecule has 0 aliphatic carbocycles. The zero-order valence-electron chi connectivity index (χ0n) is 17.5. The van der Waals surface area contributed by atoms with E-state index < -0.39 is 10.0 Å². The lowest BCUT2D eigenvalue weighted by Crippen LogP contribution is -2.39. The number of rotatable bonds is 4. The van der Waals surface area contributed by atoms with Gasteiger partial charge < -0.3 is 15.0 Å². The summed E-state index contributed by atoms with van der Waals surface area (Å²) in [4.78, 5) is 14.6. The van der Waals surface area contributed by atoms with Gasteiger partial charge in [0.1, 0.15) is 10.6 Å². The monoisotopic (exact) mass is 455 g/mol. The Bertz CT molecular complexity index is 1050. The van der Waals surface area contributed by atoms with E-state index in [0.29, 0.717) is 47.4 Å². The number of hydrogen-bond donors (Lipinski definition) is 1. The number of hydrogen-bond acceptors (Lipinski definition) is 5. The number of anilines is 1. The SMILES string of the molecule is COc1ccc(Cl)cc1NC(=O)N1CCCN(S(=O)(=O)c2c(C)nn(C)c2C)CC1. The lowest BCUT2D eigenvalue weighted by atomic mass is 10.3. The number of nitrogens with zero attached hydrogens (tertiary/aromatic N) is 4. The average molecular weight is 456 g/mol. The summed E-state index contributed by atoms with van der Waals surface area (Å²) in [5.74, 6) is 0.495. The van der Waals surface area contributed by atoms with Crippen LogP contribution in [0.1, 0.15) is 17.8 Å². The number of benzene rings is 1. The molecular formula is C19H26ClN5O4S. The van der Waals surface area contributed by atoms with Gasteiger partial charge in [-0.05, 0) is 38.5 Å². The second-order valence-electron chi connectivity index (χ2n) is 7.14. The van der Waals surface area contributed by atoms with Crippen LogP contribution in [0, 0.1) is 13.8 Å². The van der Waals surface area contributed by atoms with E-state index in [1.165, 1.54) is 11.4 Å². The van der Waals surface area contributed by atoms with Crippen molar-refractivity contribution in [3.63, 3.8) is 0 Å². The molecule has 0 saturated carbocycles. The molecule has 1 aliphatic heterocycles. The van der Waals surface area contributed by atoms with Gasteiger partial charge in [-0.1, -0.05) is 11.6 Å². The second kappa shape index (κ2) is 8.83. The summed E-state index contributed by atoms with van der Waals surface area (Å²) in [6.07, 6.45) is 0.525. The number of aryl methyl sites for hydroxylation is 2. The Labute approximate surface area is 181 Å². The molecule has 30 heavy (non-hydrogen) atoms. The van der Waals surface area contributed by atoms with Crippen molar-refractivity contribution in [2.75, 3.05) is 38.6 Å². The molecule has 1 fully saturated rings. The molecule has 164 valence electrons. The van der Waals surface area contributed by atoms with Crippen LogP contribution >= 0.6 is 11.6 Å². The van der Waals surface area contributed by atoms with Gasteiger partial charge >= 0.3 is 6.03 Å². The third-order valence-electron chi connectivity index (χ3n) is 5.19. The van der Waals surface area contributed by atoms with Crippen molar-refractivity contribution in [2.24, 2.45) is 7.05 Å². The first-order chi connectivity index (χ1) is 14.1. The molecule has 1 aromatic heterocycles. The smallest absolute Gasteiger partial charge is 0.321 e. The maximum absolute atomic E-state index is 13.2. The van der Waals surface area contributed by atoms with Crippen LogP contribution in [0.2, 0.25) is 5.02 Å². The van der Waals surface area contributed by atoms with Gasteiger partial charge in [0.15, 0.2) is 0 Å². The largest absolute Gasteiger partial charge is 0.495 e. The van der Waals surface area contributed by atoms with E-state index in [-0.39, 0.29) is 24.0 Å². The molecule has 2 aromatic rings. The normalized spacial score (nSPS) is 15.7. The molecule has 9 nitrogen and oxygen atoms in total. The fourth-order valence-corrected chi connectivity index (χ4v) is 5.61. The predicted octanol–water partition coefficient (Wildman–Crippen LogP) is 2.63. The first kappa shape index (κ1) is 22.4. The van der Waals surface area contributed by atoms with E-state index in [9.17, 15) is 13.2 Å². The fraction of sp³-hybridized carbons (Fsp3) is 0.474. The van der Waals surface area contributed by atoms with E-state index in [4.69, 9.17) is 16.3 Å². The van der Waals surface area contributed by atoms with Crippen LogP contribution in [0.25, 0.3) is 0 Å². The molecule has 1 saturated heterocycles. The number of amides is 2. The summed E-state index contributed by atoms with van der Waals surface area (Å²) in [5.41, 5.74) is 1.53. The maximum atomic E-state index is 13.2. The van der Waals surface area contributed by atoms with Crippen molar-refractivity contribution < 1.29 is 17.9 Å². The molecular weight excluding hydrogens is 430 g/mol. The Morgan fingerprint density at radius 2 is 1.93 bits per heavy atom. The number of methoxy groups -OCH3 is 1. The van der Waals surface area contributed by atoms with E-state index >= 15 is 0 Å². The summed E-state index contributed by atoms with van der Waals surface area (Å²) in [5, 5.41) is 7.50. The Kier molecular flexibility index (Phi) is 6.59. The van der Waals surface area contributed by atoms with Crippen LogP contribution in [-0.2, 0) is 17.1 Å². The summed E-state index contributed by atoms with van der Waals surface area (Å²) in [7, 11) is -0.464. The molecule has 0 unspecified atom stereocenters. The van der Waals surface area contributed by atoms with Crippen molar-refractivity contribution in [2.45, 2.75) is 25.2 Å². The molecule has 1 N–H and O–H groups in total. The number of nitrogens with one attached hydrogen (secondary N) is 1. The van der Waals surface area contributed by atoms with Crippen molar-refractivity contribution in [3.05, 3.63) is 34.6 Å². The summed E-state index contributed by atoms with van der Waals surface area (Å²) < 4.78 is 34.7. The fourth-order valence-electron chi connectivity index (χ4n) is 3.57. The predicted molar refractivity (Wildman–Crippen MR) is 115 cm³/mol. The van der Waals surface area contributed by atoms with Crippen molar-refractivity contribution >= 4 is 33.3 Å². The topological polar surface area (TPSA) is 96.8 Å². The van der Waals surface area contributed by atoms with E-state index in [0.717, 1.165) is 0 Å². The highest BCUT2D eigenvalue weighted by atomic mass is 35.5. The maximum Gasteiger partial charge on any atom is 0.321 e. The molecule has 0 spiro atoms. The zero-order valence-corrected chi connectivity index (χ0v) is 19.0. The van der Waals surface area contributed by atoms with Gasteiger partial charge in [-0.15, -0.1) is 0 Å². The molecule has 3 rings (SSSR count). The summed E-state index contributed by atoms with van der Waals surface area (Å²) in [6.45, 7) is 4.67. The van der Waals surface area contributed by atoms with Gasteiger partial charge in [0.2, 0.25) is 10.0 Å². The van der Waals surface area contributed by atoms with Crippen molar-refractivity contribution in [1.29, 1.82) is 0 Å². The second-order valence-corrected chi connectivity index (χ2v) is 9.45. The van der Waals surface area contributed by atoms with Crippen molar-refractivity contribution in [1.82, 2.24) is 19.0 Å². The summed E-state index contributed by atoms with van der Waals surface area (Å²) >= 11 is 6.02. The number of sulfonamides is 1. The van der Waals surface area contributed by atoms with Gasteiger partial charge in [0.25, 0.3) is 0 Å². The minimum Gasteiger partial charge on any atom is -0.495 e. The number of aromatic nitrogens is 2. The van der Waals surface area contributed by atoms with E-state index in [1.54, 1.807) is 48.7 Å². The molecule has 11 heteroatoms. The molecule has 0 atom stereocenters. The quantitative estimate of drug-likeness (QED) is 0.764. The Morgan fingerprint density at radius 1 is 1.20 bits per heavy atom. The lowest BCUT2D eigenvalue weighted by Gasteiger charge is -2.23. The number of urea groups is 1.